The van der Waals surface area contributed by atoms with Gasteiger partial charge in [0.2, 0.25) is 0 Å². The number of unbranched alkanes of at least 4 members (excludes halogenated alkanes) is 24. The van der Waals surface area contributed by atoms with Crippen LogP contribution in [0.4, 0.5) is 0 Å². The van der Waals surface area contributed by atoms with Crippen molar-refractivity contribution in [1.29, 1.82) is 0 Å². The summed E-state index contributed by atoms with van der Waals surface area (Å²) in [6.45, 7) is 13.8. The molecule has 2 N–H and O–H groups in total. The van der Waals surface area contributed by atoms with E-state index in [-0.39, 0.29) is 18.0 Å². The van der Waals surface area contributed by atoms with Gasteiger partial charge in [0.15, 0.2) is 0 Å². The minimum Gasteiger partial charge on any atom is -0.466 e. The first-order valence-electron chi connectivity index (χ1n) is 24.7. The van der Waals surface area contributed by atoms with E-state index in [0.29, 0.717) is 19.4 Å². The lowest BCUT2D eigenvalue weighted by Gasteiger charge is -2.23. The van der Waals surface area contributed by atoms with Crippen molar-refractivity contribution in [2.24, 2.45) is 0 Å². The summed E-state index contributed by atoms with van der Waals surface area (Å²) in [7, 11) is 1.96. The Balaban J connectivity index is 4.35. The molecule has 7 heteroatoms. The third-order valence-electron chi connectivity index (χ3n) is 11.3. The maximum absolute atomic E-state index is 12.8. The van der Waals surface area contributed by atoms with E-state index in [1.807, 2.05) is 7.05 Å². The van der Waals surface area contributed by atoms with Crippen LogP contribution in [0, 0.1) is 0 Å². The van der Waals surface area contributed by atoms with E-state index < -0.39 is 0 Å². The molecule has 0 saturated heterocycles. The number of hydrogen-bond acceptors (Lipinski definition) is 7. The summed E-state index contributed by atoms with van der Waals surface area (Å²) in [6.07, 6.45) is 42.1. The zero-order chi connectivity index (χ0) is 41.0. The lowest BCUT2D eigenvalue weighted by atomic mass is 10.0. The van der Waals surface area contributed by atoms with Gasteiger partial charge in [0.05, 0.1) is 12.4 Å². The fraction of sp³-hybridized carbons (Fsp3) is 0.918. The molecule has 0 aliphatic heterocycles. The second-order valence-electron chi connectivity index (χ2n) is 16.7. The molecule has 0 bridgehead atoms. The Morgan fingerprint density at radius 2 is 0.929 bits per heavy atom. The van der Waals surface area contributed by atoms with Gasteiger partial charge in [0, 0.05) is 26.4 Å². The van der Waals surface area contributed by atoms with E-state index in [2.05, 4.69) is 49.3 Å². The largest absolute Gasteiger partial charge is 0.466 e. The van der Waals surface area contributed by atoms with Crippen LogP contribution >= 0.6 is 0 Å². The van der Waals surface area contributed by atoms with Crippen molar-refractivity contribution in [3.63, 3.8) is 0 Å². The first kappa shape index (κ1) is 54.2. The number of hydrogen-bond donors (Lipinski definition) is 2. The number of rotatable bonds is 45. The van der Waals surface area contributed by atoms with E-state index >= 15 is 0 Å². The molecule has 0 aromatic carbocycles. The highest BCUT2D eigenvalue weighted by atomic mass is 16.5. The highest BCUT2D eigenvalue weighted by Gasteiger charge is 2.14. The molecule has 0 aromatic rings. The van der Waals surface area contributed by atoms with Crippen molar-refractivity contribution in [2.45, 2.75) is 252 Å². The fourth-order valence-electron chi connectivity index (χ4n) is 7.60. The Labute approximate surface area is 349 Å². The molecule has 0 amide bonds. The number of nitrogens with one attached hydrogen (secondary N) is 2. The molecule has 0 fully saturated rings. The van der Waals surface area contributed by atoms with E-state index in [9.17, 15) is 9.59 Å². The zero-order valence-corrected chi connectivity index (χ0v) is 38.3. The Morgan fingerprint density at radius 1 is 0.518 bits per heavy atom. The van der Waals surface area contributed by atoms with Gasteiger partial charge in [-0.25, -0.2) is 0 Å². The van der Waals surface area contributed by atoms with Crippen LogP contribution in [0.1, 0.15) is 246 Å². The van der Waals surface area contributed by atoms with Crippen molar-refractivity contribution >= 4 is 11.9 Å². The molecule has 332 valence electrons. The number of allylic oxidation sites excluding steroid dienone is 1. The lowest BCUT2D eigenvalue weighted by Crippen LogP contribution is -2.31. The minimum atomic E-state index is -0.0104. The number of nitrogens with zero attached hydrogens (tertiary/aromatic N) is 1. The minimum absolute atomic E-state index is 0.0104. The summed E-state index contributed by atoms with van der Waals surface area (Å²) in [5.74, 6) is 1.12. The van der Waals surface area contributed by atoms with Gasteiger partial charge in [-0.15, -0.1) is 0 Å². The summed E-state index contributed by atoms with van der Waals surface area (Å²) in [5.41, 5.74) is 0. The van der Waals surface area contributed by atoms with Gasteiger partial charge in [-0.3, -0.25) is 9.59 Å². The number of ether oxygens (including phenoxy) is 2. The molecule has 0 unspecified atom stereocenters. The molecule has 0 aliphatic carbocycles. The van der Waals surface area contributed by atoms with Gasteiger partial charge in [-0.2, -0.15) is 0 Å². The summed E-state index contributed by atoms with van der Waals surface area (Å²) in [4.78, 5) is 27.5. The first-order valence-corrected chi connectivity index (χ1v) is 24.7. The standard InChI is InChI=1S/C49H97N3O4/c1-6-10-13-16-19-24-31-39-48(53)55-45-35-28-21-27-34-43-52(44-36-41-51-47(9-4)50-5)42-33-26-20-25-32-40-49(54)56-46(37-29-22-17-14-11-7-2)38-30-23-18-15-12-8-3/h9,46,50-51H,6-8,10-45H2,1-5H3/b47-9+. The molecule has 7 nitrogen and oxygen atoms in total. The molecule has 0 radical (unpaired) electrons. The topological polar surface area (TPSA) is 79.9 Å². The third kappa shape index (κ3) is 39.1. The second-order valence-corrected chi connectivity index (χ2v) is 16.7. The van der Waals surface area contributed by atoms with Gasteiger partial charge in [0.25, 0.3) is 0 Å². The van der Waals surface area contributed by atoms with Crippen molar-refractivity contribution in [2.75, 3.05) is 39.8 Å². The average Bonchev–Trinajstić information content (AvgIpc) is 3.20. The quantitative estimate of drug-likeness (QED) is 0.0469. The van der Waals surface area contributed by atoms with Crippen LogP contribution in [0.25, 0.3) is 0 Å². The molecule has 56 heavy (non-hydrogen) atoms. The number of carbonyl (C=O) groups is 2. The van der Waals surface area contributed by atoms with Crippen LogP contribution in [0.5, 0.6) is 0 Å². The monoisotopic (exact) mass is 792 g/mol. The van der Waals surface area contributed by atoms with Gasteiger partial charge in [-0.05, 0) is 96.8 Å². The lowest BCUT2D eigenvalue weighted by molar-refractivity contribution is -0.150. The Morgan fingerprint density at radius 3 is 1.41 bits per heavy atom. The maximum atomic E-state index is 12.8. The Hall–Kier alpha value is -1.76. The third-order valence-corrected chi connectivity index (χ3v) is 11.3. The predicted octanol–water partition coefficient (Wildman–Crippen LogP) is 13.7. The van der Waals surface area contributed by atoms with Gasteiger partial charge in [0.1, 0.15) is 6.10 Å². The molecule has 0 aliphatic rings. The highest BCUT2D eigenvalue weighted by molar-refractivity contribution is 5.69. The summed E-state index contributed by atoms with van der Waals surface area (Å²) < 4.78 is 11.6. The summed E-state index contributed by atoms with van der Waals surface area (Å²) in [5, 5.41) is 6.71. The molecule has 0 spiro atoms. The number of esters is 2. The van der Waals surface area contributed by atoms with Crippen molar-refractivity contribution < 1.29 is 19.1 Å². The molecule has 0 aromatic heterocycles. The number of carbonyl (C=O) groups excluding carboxylic acids is 2. The second kappa shape index (κ2) is 44.3. The van der Waals surface area contributed by atoms with Crippen LogP contribution in [-0.2, 0) is 19.1 Å². The van der Waals surface area contributed by atoms with Crippen LogP contribution < -0.4 is 10.6 Å². The fourth-order valence-corrected chi connectivity index (χ4v) is 7.60. The first-order chi connectivity index (χ1) is 27.5. The summed E-state index contributed by atoms with van der Waals surface area (Å²) >= 11 is 0. The molecular weight excluding hydrogens is 695 g/mol. The molecular formula is C49H97N3O4. The molecule has 0 atom stereocenters. The zero-order valence-electron chi connectivity index (χ0n) is 38.3. The van der Waals surface area contributed by atoms with Crippen LogP contribution in [0.15, 0.2) is 11.9 Å². The van der Waals surface area contributed by atoms with E-state index in [4.69, 9.17) is 9.47 Å². The van der Waals surface area contributed by atoms with Crippen molar-refractivity contribution in [1.82, 2.24) is 15.5 Å². The normalized spacial score (nSPS) is 11.8. The van der Waals surface area contributed by atoms with E-state index in [1.54, 1.807) is 0 Å². The van der Waals surface area contributed by atoms with Gasteiger partial charge in [-0.1, -0.05) is 162 Å². The van der Waals surface area contributed by atoms with Gasteiger partial charge < -0.3 is 25.0 Å². The molecule has 0 saturated carbocycles. The predicted molar refractivity (Wildman–Crippen MR) is 242 cm³/mol. The molecule has 0 rings (SSSR count). The van der Waals surface area contributed by atoms with Crippen LogP contribution in [0.3, 0.4) is 0 Å². The molecule has 0 heterocycles. The Kier molecular flexibility index (Phi) is 43.0. The van der Waals surface area contributed by atoms with Crippen molar-refractivity contribution in [3.8, 4) is 0 Å². The Bertz CT molecular complexity index is 850. The van der Waals surface area contributed by atoms with Gasteiger partial charge >= 0.3 is 11.9 Å². The van der Waals surface area contributed by atoms with E-state index in [1.165, 1.54) is 148 Å². The highest BCUT2D eigenvalue weighted by Crippen LogP contribution is 2.19. The average molecular weight is 792 g/mol. The van der Waals surface area contributed by atoms with E-state index in [0.717, 1.165) is 89.8 Å². The SMILES string of the molecule is C/C=C(\NC)NCCCN(CCCCCCCOC(=O)CCCCCCCCC)CCCCCCCC(=O)OC(CCCCCCCC)CCCCCCCC. The van der Waals surface area contributed by atoms with Crippen LogP contribution in [-0.4, -0.2) is 62.8 Å². The van der Waals surface area contributed by atoms with Crippen LogP contribution in [0.2, 0.25) is 0 Å². The van der Waals surface area contributed by atoms with Crippen molar-refractivity contribution in [3.05, 3.63) is 11.9 Å². The summed E-state index contributed by atoms with van der Waals surface area (Å²) in [6, 6.07) is 0. The maximum Gasteiger partial charge on any atom is 0.306 e. The smallest absolute Gasteiger partial charge is 0.306 e.